The highest BCUT2D eigenvalue weighted by Crippen LogP contribution is 2.39. The number of halogens is 1. The van der Waals surface area contributed by atoms with Gasteiger partial charge in [-0.05, 0) is 54.3 Å². The summed E-state index contributed by atoms with van der Waals surface area (Å²) in [4.78, 5) is 38.2. The molecular formula is C23H21ClN2O4. The fourth-order valence-corrected chi connectivity index (χ4v) is 4.18. The monoisotopic (exact) mass is 424 g/mol. The standard InChI is InChI=1S/C23H21ClN2O4/c1-30-17-8-2-13(3-9-17)14-10-19-22(20(27)11-14)18(12-21(28)26-19)23(29)25-16-6-4-15(24)5-7-16/h2-9,14,18H,10-12H2,1H3,(H,25,29)(H,26,28)/t14-,18-/m1/s1. The van der Waals surface area contributed by atoms with E-state index in [1.54, 1.807) is 31.4 Å². The zero-order valence-corrected chi connectivity index (χ0v) is 17.2. The molecule has 0 saturated carbocycles. The van der Waals surface area contributed by atoms with Crippen LogP contribution in [0.2, 0.25) is 5.02 Å². The molecule has 2 N–H and O–H groups in total. The summed E-state index contributed by atoms with van der Waals surface area (Å²) in [7, 11) is 1.60. The van der Waals surface area contributed by atoms with Gasteiger partial charge in [-0.2, -0.15) is 0 Å². The number of hydrogen-bond acceptors (Lipinski definition) is 4. The Labute approximate surface area is 179 Å². The summed E-state index contributed by atoms with van der Waals surface area (Å²) in [5.41, 5.74) is 2.54. The van der Waals surface area contributed by atoms with Crippen molar-refractivity contribution in [1.29, 1.82) is 0 Å². The lowest BCUT2D eigenvalue weighted by molar-refractivity contribution is -0.129. The van der Waals surface area contributed by atoms with E-state index < -0.39 is 5.92 Å². The minimum atomic E-state index is -0.797. The summed E-state index contributed by atoms with van der Waals surface area (Å²) >= 11 is 5.88. The Hall–Kier alpha value is -3.12. The maximum Gasteiger partial charge on any atom is 0.232 e. The van der Waals surface area contributed by atoms with E-state index in [2.05, 4.69) is 10.6 Å². The van der Waals surface area contributed by atoms with Crippen LogP contribution in [0.5, 0.6) is 5.75 Å². The molecular weight excluding hydrogens is 404 g/mol. The number of methoxy groups -OCH3 is 1. The van der Waals surface area contributed by atoms with Crippen LogP contribution in [-0.4, -0.2) is 24.7 Å². The third kappa shape index (κ3) is 4.09. The topological polar surface area (TPSA) is 84.5 Å². The van der Waals surface area contributed by atoms with Gasteiger partial charge in [-0.3, -0.25) is 14.4 Å². The molecule has 2 aromatic rings. The summed E-state index contributed by atoms with van der Waals surface area (Å²) in [5.74, 6) is -0.836. The van der Waals surface area contributed by atoms with Crippen LogP contribution in [0.25, 0.3) is 0 Å². The lowest BCUT2D eigenvalue weighted by atomic mass is 9.75. The number of carbonyl (C=O) groups excluding carboxylic acids is 3. The Kier molecular flexibility index (Phi) is 5.59. The van der Waals surface area contributed by atoms with Gasteiger partial charge in [-0.15, -0.1) is 0 Å². The second-order valence-electron chi connectivity index (χ2n) is 7.49. The molecule has 30 heavy (non-hydrogen) atoms. The molecule has 154 valence electrons. The molecule has 2 aromatic carbocycles. The van der Waals surface area contributed by atoms with Crippen LogP contribution in [-0.2, 0) is 14.4 Å². The Morgan fingerprint density at radius 1 is 1.03 bits per heavy atom. The van der Waals surface area contributed by atoms with Crippen LogP contribution < -0.4 is 15.4 Å². The molecule has 4 rings (SSSR count). The van der Waals surface area contributed by atoms with Crippen molar-refractivity contribution in [2.24, 2.45) is 5.92 Å². The molecule has 0 saturated heterocycles. The first-order chi connectivity index (χ1) is 14.4. The number of anilines is 1. The minimum Gasteiger partial charge on any atom is -0.497 e. The number of rotatable bonds is 4. The first-order valence-electron chi connectivity index (χ1n) is 9.71. The smallest absolute Gasteiger partial charge is 0.232 e. The lowest BCUT2D eigenvalue weighted by Gasteiger charge is -2.33. The molecule has 0 aromatic heterocycles. The third-order valence-corrected chi connectivity index (χ3v) is 5.80. The predicted molar refractivity (Wildman–Crippen MR) is 113 cm³/mol. The lowest BCUT2D eigenvalue weighted by Crippen LogP contribution is -2.43. The molecule has 0 bridgehead atoms. The van der Waals surface area contributed by atoms with Gasteiger partial charge in [-0.1, -0.05) is 23.7 Å². The summed E-state index contributed by atoms with van der Waals surface area (Å²) in [6.07, 6.45) is 0.757. The van der Waals surface area contributed by atoms with Crippen molar-refractivity contribution < 1.29 is 19.1 Å². The van der Waals surface area contributed by atoms with E-state index in [1.807, 2.05) is 24.3 Å². The van der Waals surface area contributed by atoms with Crippen LogP contribution in [0.4, 0.5) is 5.69 Å². The van der Waals surface area contributed by atoms with Gasteiger partial charge in [0.15, 0.2) is 5.78 Å². The van der Waals surface area contributed by atoms with Gasteiger partial charge in [0.2, 0.25) is 11.8 Å². The number of nitrogens with one attached hydrogen (secondary N) is 2. The number of benzene rings is 2. The van der Waals surface area contributed by atoms with Crippen LogP contribution in [0.1, 0.15) is 30.7 Å². The van der Waals surface area contributed by atoms with E-state index in [1.165, 1.54) is 0 Å². The van der Waals surface area contributed by atoms with Gasteiger partial charge in [-0.25, -0.2) is 0 Å². The van der Waals surface area contributed by atoms with Crippen LogP contribution >= 0.6 is 11.6 Å². The summed E-state index contributed by atoms with van der Waals surface area (Å²) in [5, 5.41) is 6.17. The normalized spacial score (nSPS) is 21.0. The third-order valence-electron chi connectivity index (χ3n) is 5.55. The van der Waals surface area contributed by atoms with Gasteiger partial charge in [0.25, 0.3) is 0 Å². The number of amides is 2. The number of hydrogen-bond donors (Lipinski definition) is 2. The zero-order chi connectivity index (χ0) is 21.3. The molecule has 0 spiro atoms. The van der Waals surface area contributed by atoms with Gasteiger partial charge in [0.1, 0.15) is 5.75 Å². The summed E-state index contributed by atoms with van der Waals surface area (Å²) < 4.78 is 5.19. The first-order valence-corrected chi connectivity index (χ1v) is 10.1. The Balaban J connectivity index is 1.58. The van der Waals surface area contributed by atoms with Gasteiger partial charge in [0, 0.05) is 34.8 Å². The molecule has 7 heteroatoms. The van der Waals surface area contributed by atoms with E-state index in [4.69, 9.17) is 16.3 Å². The second-order valence-corrected chi connectivity index (χ2v) is 7.93. The van der Waals surface area contributed by atoms with E-state index in [-0.39, 0.29) is 29.9 Å². The average molecular weight is 425 g/mol. The number of allylic oxidation sites excluding steroid dienone is 1. The first kappa shape index (κ1) is 20.2. The quantitative estimate of drug-likeness (QED) is 0.781. The molecule has 1 aliphatic carbocycles. The molecule has 2 atom stereocenters. The maximum atomic E-state index is 13.0. The van der Waals surface area contributed by atoms with E-state index >= 15 is 0 Å². The average Bonchev–Trinajstić information content (AvgIpc) is 2.74. The molecule has 1 heterocycles. The van der Waals surface area contributed by atoms with Crippen molar-refractivity contribution in [3.05, 3.63) is 70.4 Å². The van der Waals surface area contributed by atoms with Crippen LogP contribution in [0, 0.1) is 5.92 Å². The van der Waals surface area contributed by atoms with Crippen LogP contribution in [0.15, 0.2) is 59.8 Å². The Morgan fingerprint density at radius 3 is 2.40 bits per heavy atom. The van der Waals surface area contributed by atoms with Crippen molar-refractivity contribution in [3.8, 4) is 5.75 Å². The van der Waals surface area contributed by atoms with Crippen molar-refractivity contribution in [2.45, 2.75) is 25.2 Å². The fourth-order valence-electron chi connectivity index (χ4n) is 4.06. The minimum absolute atomic E-state index is 0.0444. The number of carbonyl (C=O) groups is 3. The van der Waals surface area contributed by atoms with Crippen molar-refractivity contribution in [3.63, 3.8) is 0 Å². The molecule has 0 unspecified atom stereocenters. The van der Waals surface area contributed by atoms with Crippen molar-refractivity contribution >= 4 is 34.9 Å². The van der Waals surface area contributed by atoms with E-state index in [0.29, 0.717) is 34.8 Å². The van der Waals surface area contributed by atoms with Gasteiger partial charge >= 0.3 is 0 Å². The Bertz CT molecular complexity index is 1030. The van der Waals surface area contributed by atoms with Crippen molar-refractivity contribution in [2.75, 3.05) is 12.4 Å². The highest BCUT2D eigenvalue weighted by Gasteiger charge is 2.40. The zero-order valence-electron chi connectivity index (χ0n) is 16.4. The fraction of sp³-hybridized carbons (Fsp3) is 0.261. The Morgan fingerprint density at radius 2 is 1.73 bits per heavy atom. The number of ether oxygens (including phenoxy) is 1. The molecule has 2 amide bonds. The number of ketones is 1. The molecule has 0 radical (unpaired) electrons. The van der Waals surface area contributed by atoms with Gasteiger partial charge < -0.3 is 15.4 Å². The molecule has 1 aliphatic heterocycles. The highest BCUT2D eigenvalue weighted by molar-refractivity contribution is 6.30. The largest absolute Gasteiger partial charge is 0.497 e. The van der Waals surface area contributed by atoms with Gasteiger partial charge in [0.05, 0.1) is 13.0 Å². The SMILES string of the molecule is COc1ccc([C@H]2CC(=O)C3=C(C2)NC(=O)C[C@H]3C(=O)Nc2ccc(Cl)cc2)cc1. The summed E-state index contributed by atoms with van der Waals surface area (Å²) in [6, 6.07) is 14.3. The number of Topliss-reactive ketones (excluding diaryl/α,β-unsaturated/α-hetero) is 1. The molecule has 2 aliphatic rings. The highest BCUT2D eigenvalue weighted by atomic mass is 35.5. The molecule has 0 fully saturated rings. The van der Waals surface area contributed by atoms with Crippen molar-refractivity contribution in [1.82, 2.24) is 5.32 Å². The van der Waals surface area contributed by atoms with E-state index in [9.17, 15) is 14.4 Å². The predicted octanol–water partition coefficient (Wildman–Crippen LogP) is 3.82. The molecule has 6 nitrogen and oxygen atoms in total. The van der Waals surface area contributed by atoms with E-state index in [0.717, 1.165) is 11.3 Å². The summed E-state index contributed by atoms with van der Waals surface area (Å²) in [6.45, 7) is 0. The second kappa shape index (κ2) is 8.32. The maximum absolute atomic E-state index is 13.0. The van der Waals surface area contributed by atoms with Crippen LogP contribution in [0.3, 0.4) is 0 Å².